The number of aromatic amines is 1. The van der Waals surface area contributed by atoms with Gasteiger partial charge in [0.1, 0.15) is 5.52 Å². The molecule has 7 rings (SSSR count). The molecular weight excluding hydrogens is 415 g/mol. The van der Waals surface area contributed by atoms with Crippen LogP contribution >= 0.6 is 11.6 Å². The third-order valence-electron chi connectivity index (χ3n) is 7.47. The number of nitrogens with zero attached hydrogens (tertiary/aromatic N) is 1. The van der Waals surface area contributed by atoms with Crippen LogP contribution in [0.25, 0.3) is 22.0 Å². The standard InChI is InChI=1S/C24H24ClFN4O/c25-19-17(16-4-2-1-3-5-16)9-18-21(20(19)26)29-30-22(18)27-23(31)28-24-10-13-6-14(11-24)8-15(7-13)12-24/h1-5,9,13-15H,6-8,10-12H2,(H3,27,28,29,30,31). The Labute approximate surface area is 184 Å². The van der Waals surface area contributed by atoms with Gasteiger partial charge in [-0.2, -0.15) is 5.10 Å². The Bertz CT molecular complexity index is 1140. The largest absolute Gasteiger partial charge is 0.332 e. The predicted octanol–water partition coefficient (Wildman–Crippen LogP) is 6.11. The normalized spacial score (nSPS) is 28.8. The van der Waals surface area contributed by atoms with Gasteiger partial charge >= 0.3 is 6.03 Å². The molecule has 1 heterocycles. The summed E-state index contributed by atoms with van der Waals surface area (Å²) in [6, 6.07) is 10.9. The van der Waals surface area contributed by atoms with E-state index in [4.69, 9.17) is 11.6 Å². The molecule has 3 aromatic rings. The fourth-order valence-electron chi connectivity index (χ4n) is 6.66. The van der Waals surface area contributed by atoms with E-state index in [9.17, 15) is 9.18 Å². The lowest BCUT2D eigenvalue weighted by Crippen LogP contribution is -2.60. The summed E-state index contributed by atoms with van der Waals surface area (Å²) in [5.74, 6) is 1.96. The molecule has 0 radical (unpaired) electrons. The van der Waals surface area contributed by atoms with Crippen molar-refractivity contribution < 1.29 is 9.18 Å². The number of amides is 2. The monoisotopic (exact) mass is 438 g/mol. The van der Waals surface area contributed by atoms with Crippen LogP contribution in [0.1, 0.15) is 38.5 Å². The summed E-state index contributed by atoms with van der Waals surface area (Å²) in [4.78, 5) is 12.9. The van der Waals surface area contributed by atoms with E-state index in [1.165, 1.54) is 19.3 Å². The molecule has 7 heteroatoms. The topological polar surface area (TPSA) is 69.8 Å². The molecule has 4 bridgehead atoms. The molecule has 0 atom stereocenters. The zero-order chi connectivity index (χ0) is 21.2. The first-order chi connectivity index (χ1) is 15.0. The van der Waals surface area contributed by atoms with Crippen molar-refractivity contribution in [2.45, 2.75) is 44.1 Å². The Kier molecular flexibility index (Phi) is 4.29. The Morgan fingerprint density at radius 3 is 2.39 bits per heavy atom. The maximum absolute atomic E-state index is 15.0. The Morgan fingerprint density at radius 1 is 1.10 bits per heavy atom. The molecule has 2 amide bonds. The van der Waals surface area contributed by atoms with Crippen LogP contribution in [0, 0.1) is 23.6 Å². The van der Waals surface area contributed by atoms with Crippen molar-refractivity contribution in [1.82, 2.24) is 15.5 Å². The molecule has 3 N–H and O–H groups in total. The molecule has 0 saturated heterocycles. The molecule has 5 nitrogen and oxygen atoms in total. The molecule has 0 aliphatic heterocycles. The highest BCUT2D eigenvalue weighted by molar-refractivity contribution is 6.34. The van der Waals surface area contributed by atoms with E-state index in [2.05, 4.69) is 20.8 Å². The van der Waals surface area contributed by atoms with Crippen LogP contribution in [0.3, 0.4) is 0 Å². The van der Waals surface area contributed by atoms with Crippen LogP contribution in [-0.4, -0.2) is 21.8 Å². The summed E-state index contributed by atoms with van der Waals surface area (Å²) in [5, 5.41) is 13.5. The van der Waals surface area contributed by atoms with Gasteiger partial charge in [-0.05, 0) is 67.9 Å². The van der Waals surface area contributed by atoms with Crippen LogP contribution in [0.5, 0.6) is 0 Å². The van der Waals surface area contributed by atoms with E-state index in [1.807, 2.05) is 30.3 Å². The molecule has 1 aromatic heterocycles. The molecule has 0 spiro atoms. The fourth-order valence-corrected chi connectivity index (χ4v) is 6.92. The second kappa shape index (κ2) is 6.95. The number of benzene rings is 2. The number of aromatic nitrogens is 2. The SMILES string of the molecule is O=C(Nc1n[nH]c2c(F)c(Cl)c(-c3ccccc3)cc12)NC12CC3CC(CC(C3)C1)C2. The van der Waals surface area contributed by atoms with Gasteiger partial charge in [-0.1, -0.05) is 41.9 Å². The number of carbonyl (C=O) groups is 1. The average molecular weight is 439 g/mol. The van der Waals surface area contributed by atoms with Crippen LogP contribution in [0.2, 0.25) is 5.02 Å². The lowest BCUT2D eigenvalue weighted by atomic mass is 9.53. The highest BCUT2D eigenvalue weighted by Gasteiger charge is 2.51. The lowest BCUT2D eigenvalue weighted by Gasteiger charge is -2.56. The Balaban J connectivity index is 1.29. The maximum atomic E-state index is 15.0. The van der Waals surface area contributed by atoms with E-state index in [1.54, 1.807) is 6.07 Å². The van der Waals surface area contributed by atoms with Crippen molar-refractivity contribution in [3.63, 3.8) is 0 Å². The number of H-pyrrole nitrogens is 1. The van der Waals surface area contributed by atoms with Crippen molar-refractivity contribution in [1.29, 1.82) is 0 Å². The molecule has 160 valence electrons. The minimum absolute atomic E-state index is 0.0342. The number of anilines is 1. The van der Waals surface area contributed by atoms with Crippen LogP contribution in [0.15, 0.2) is 36.4 Å². The predicted molar refractivity (Wildman–Crippen MR) is 120 cm³/mol. The second-order valence-electron chi connectivity index (χ2n) is 9.69. The molecule has 2 aromatic carbocycles. The highest BCUT2D eigenvalue weighted by atomic mass is 35.5. The average Bonchev–Trinajstić information content (AvgIpc) is 3.12. The minimum atomic E-state index is -0.569. The molecule has 4 aliphatic rings. The highest BCUT2D eigenvalue weighted by Crippen LogP contribution is 2.55. The second-order valence-corrected chi connectivity index (χ2v) is 10.1. The molecule has 4 fully saturated rings. The van der Waals surface area contributed by atoms with E-state index >= 15 is 0 Å². The van der Waals surface area contributed by atoms with Gasteiger partial charge in [0.05, 0.1) is 5.02 Å². The zero-order valence-electron chi connectivity index (χ0n) is 17.1. The fraction of sp³-hybridized carbons (Fsp3) is 0.417. The van der Waals surface area contributed by atoms with Crippen molar-refractivity contribution in [3.8, 4) is 11.1 Å². The van der Waals surface area contributed by atoms with E-state index < -0.39 is 5.82 Å². The number of nitrogens with one attached hydrogen (secondary N) is 3. The van der Waals surface area contributed by atoms with Crippen molar-refractivity contribution in [2.75, 3.05) is 5.32 Å². The molecule has 4 saturated carbocycles. The first-order valence-electron chi connectivity index (χ1n) is 11.0. The smallest absolute Gasteiger partial charge is 0.320 e. The first kappa shape index (κ1) is 19.1. The summed E-state index contributed by atoms with van der Waals surface area (Å²) < 4.78 is 15.0. The maximum Gasteiger partial charge on any atom is 0.320 e. The van der Waals surface area contributed by atoms with E-state index in [0.29, 0.717) is 16.8 Å². The van der Waals surface area contributed by atoms with Gasteiger partial charge in [-0.15, -0.1) is 0 Å². The number of fused-ring (bicyclic) bond motifs is 1. The third kappa shape index (κ3) is 3.19. The van der Waals surface area contributed by atoms with Crippen molar-refractivity contribution in [3.05, 3.63) is 47.2 Å². The van der Waals surface area contributed by atoms with Gasteiger partial charge in [-0.3, -0.25) is 10.4 Å². The molecule has 4 aliphatic carbocycles. The zero-order valence-corrected chi connectivity index (χ0v) is 17.8. The third-order valence-corrected chi connectivity index (χ3v) is 7.84. The number of halogens is 2. The summed E-state index contributed by atoms with van der Waals surface area (Å²) >= 11 is 6.30. The van der Waals surface area contributed by atoms with Crippen LogP contribution in [-0.2, 0) is 0 Å². The van der Waals surface area contributed by atoms with Gasteiger partial charge < -0.3 is 5.32 Å². The summed E-state index contributed by atoms with van der Waals surface area (Å²) in [7, 11) is 0. The summed E-state index contributed by atoms with van der Waals surface area (Å²) in [6.45, 7) is 0. The van der Waals surface area contributed by atoms with Gasteiger partial charge in [0, 0.05) is 16.5 Å². The van der Waals surface area contributed by atoms with Crippen LogP contribution < -0.4 is 10.6 Å². The number of hydrogen-bond donors (Lipinski definition) is 3. The first-order valence-corrected chi connectivity index (χ1v) is 11.4. The minimum Gasteiger partial charge on any atom is -0.332 e. The summed E-state index contributed by atoms with van der Waals surface area (Å²) in [5.41, 5.74) is 1.46. The Morgan fingerprint density at radius 2 is 1.74 bits per heavy atom. The van der Waals surface area contributed by atoms with Gasteiger partial charge in [0.15, 0.2) is 11.6 Å². The van der Waals surface area contributed by atoms with E-state index in [-0.39, 0.29) is 22.1 Å². The van der Waals surface area contributed by atoms with Gasteiger partial charge in [0.25, 0.3) is 0 Å². The van der Waals surface area contributed by atoms with E-state index in [0.717, 1.165) is 42.6 Å². The number of hydrogen-bond acceptors (Lipinski definition) is 2. The quantitative estimate of drug-likeness (QED) is 0.461. The summed E-state index contributed by atoms with van der Waals surface area (Å²) in [6.07, 6.45) is 7.14. The van der Waals surface area contributed by atoms with Crippen molar-refractivity contribution >= 4 is 34.4 Å². The lowest BCUT2D eigenvalue weighted by molar-refractivity contribution is -0.0127. The van der Waals surface area contributed by atoms with Gasteiger partial charge in [0.2, 0.25) is 0 Å². The Hall–Kier alpha value is -2.60. The number of carbonyl (C=O) groups excluding carboxylic acids is 1. The molecular formula is C24H24ClFN4O. The number of rotatable bonds is 3. The molecule has 0 unspecified atom stereocenters. The molecule has 31 heavy (non-hydrogen) atoms. The van der Waals surface area contributed by atoms with Gasteiger partial charge in [-0.25, -0.2) is 9.18 Å². The van der Waals surface area contributed by atoms with Crippen LogP contribution in [0.4, 0.5) is 15.0 Å². The number of urea groups is 1. The van der Waals surface area contributed by atoms with Crippen molar-refractivity contribution in [2.24, 2.45) is 17.8 Å².